The second kappa shape index (κ2) is 8.20. The van der Waals surface area contributed by atoms with E-state index in [0.29, 0.717) is 41.5 Å². The fourth-order valence-electron chi connectivity index (χ4n) is 2.92. The van der Waals surface area contributed by atoms with Crippen LogP contribution in [0.2, 0.25) is 5.02 Å². The lowest BCUT2D eigenvalue weighted by Gasteiger charge is -2.15. The molecule has 5 nitrogen and oxygen atoms in total. The molecule has 0 atom stereocenters. The highest BCUT2D eigenvalue weighted by Crippen LogP contribution is 2.21. The van der Waals surface area contributed by atoms with Crippen molar-refractivity contribution in [3.8, 4) is 0 Å². The number of hydrogen-bond acceptors (Lipinski definition) is 3. The molecule has 1 fully saturated rings. The minimum atomic E-state index is -3.39. The number of aryl methyl sites for hydroxylation is 1. The molecule has 0 unspecified atom stereocenters. The van der Waals surface area contributed by atoms with Gasteiger partial charge in [-0.2, -0.15) is 4.31 Å². The van der Waals surface area contributed by atoms with E-state index in [9.17, 15) is 13.2 Å². The van der Waals surface area contributed by atoms with Crippen LogP contribution in [0.25, 0.3) is 0 Å². The smallest absolute Gasteiger partial charge is 0.243 e. The highest BCUT2D eigenvalue weighted by atomic mass is 35.5. The first-order valence-corrected chi connectivity index (χ1v) is 10.4. The van der Waals surface area contributed by atoms with E-state index in [1.54, 1.807) is 48.5 Å². The molecular weight excluding hydrogens is 372 g/mol. The number of carbonyl (C=O) groups is 1. The lowest BCUT2D eigenvalue weighted by Crippen LogP contribution is -2.27. The molecule has 26 heavy (non-hydrogen) atoms. The van der Waals surface area contributed by atoms with E-state index in [4.69, 9.17) is 11.6 Å². The highest BCUT2D eigenvalue weighted by molar-refractivity contribution is 7.89. The Hall–Kier alpha value is -1.89. The van der Waals surface area contributed by atoms with Gasteiger partial charge in [0.05, 0.1) is 4.90 Å². The van der Waals surface area contributed by atoms with Gasteiger partial charge in [0.2, 0.25) is 15.9 Å². The van der Waals surface area contributed by atoms with E-state index in [1.807, 2.05) is 0 Å². The second-order valence-electron chi connectivity index (χ2n) is 6.31. The Balaban J connectivity index is 1.55. The molecule has 7 heteroatoms. The first-order valence-electron chi connectivity index (χ1n) is 8.60. The monoisotopic (exact) mass is 392 g/mol. The van der Waals surface area contributed by atoms with E-state index in [-0.39, 0.29) is 5.91 Å². The summed E-state index contributed by atoms with van der Waals surface area (Å²) in [5.74, 6) is -0.0962. The SMILES string of the molecule is O=C(CCc1ccc(S(=O)(=O)N2CCCC2)cc1)Nc1ccc(Cl)cc1. The molecule has 0 saturated carbocycles. The lowest BCUT2D eigenvalue weighted by molar-refractivity contribution is -0.116. The van der Waals surface area contributed by atoms with Crippen LogP contribution in [0, 0.1) is 0 Å². The van der Waals surface area contributed by atoms with Crippen molar-refractivity contribution >= 4 is 33.2 Å². The van der Waals surface area contributed by atoms with Crippen molar-refractivity contribution in [2.24, 2.45) is 0 Å². The molecule has 2 aromatic carbocycles. The third-order valence-corrected chi connectivity index (χ3v) is 6.56. The molecule has 1 N–H and O–H groups in total. The van der Waals surface area contributed by atoms with Gasteiger partial charge >= 0.3 is 0 Å². The Morgan fingerprint density at radius 3 is 2.23 bits per heavy atom. The summed E-state index contributed by atoms with van der Waals surface area (Å²) >= 11 is 5.82. The van der Waals surface area contributed by atoms with Crippen LogP contribution < -0.4 is 5.32 Å². The predicted molar refractivity (Wildman–Crippen MR) is 103 cm³/mol. The van der Waals surface area contributed by atoms with Crippen LogP contribution in [0.3, 0.4) is 0 Å². The fourth-order valence-corrected chi connectivity index (χ4v) is 4.56. The largest absolute Gasteiger partial charge is 0.326 e. The Labute approximate surface area is 159 Å². The van der Waals surface area contributed by atoms with Crippen molar-refractivity contribution in [1.82, 2.24) is 4.31 Å². The molecule has 138 valence electrons. The van der Waals surface area contributed by atoms with E-state index in [2.05, 4.69) is 5.32 Å². The van der Waals surface area contributed by atoms with Gasteiger partial charge in [-0.05, 0) is 61.2 Å². The predicted octanol–water partition coefficient (Wildman–Crippen LogP) is 3.70. The average Bonchev–Trinajstić information content (AvgIpc) is 3.18. The zero-order chi connectivity index (χ0) is 18.6. The Bertz CT molecular complexity index is 859. The number of amides is 1. The maximum Gasteiger partial charge on any atom is 0.243 e. The molecule has 0 aliphatic carbocycles. The van der Waals surface area contributed by atoms with E-state index < -0.39 is 10.0 Å². The molecule has 0 aromatic heterocycles. The molecule has 1 saturated heterocycles. The van der Waals surface area contributed by atoms with Gasteiger partial charge in [0.15, 0.2) is 0 Å². The van der Waals surface area contributed by atoms with Crippen molar-refractivity contribution < 1.29 is 13.2 Å². The number of halogens is 1. The van der Waals surface area contributed by atoms with Crippen molar-refractivity contribution in [1.29, 1.82) is 0 Å². The van der Waals surface area contributed by atoms with Gasteiger partial charge in [0.1, 0.15) is 0 Å². The number of hydrogen-bond donors (Lipinski definition) is 1. The molecule has 2 aromatic rings. The van der Waals surface area contributed by atoms with Crippen LogP contribution in [0.1, 0.15) is 24.8 Å². The molecule has 0 spiro atoms. The summed E-state index contributed by atoms with van der Waals surface area (Å²) in [7, 11) is -3.39. The van der Waals surface area contributed by atoms with Gasteiger partial charge in [-0.3, -0.25) is 4.79 Å². The summed E-state index contributed by atoms with van der Waals surface area (Å²) in [5, 5.41) is 3.43. The average molecular weight is 393 g/mol. The van der Waals surface area contributed by atoms with Crippen LogP contribution in [-0.4, -0.2) is 31.7 Å². The van der Waals surface area contributed by atoms with Crippen molar-refractivity contribution in [3.63, 3.8) is 0 Å². The molecule has 1 heterocycles. The van der Waals surface area contributed by atoms with Gasteiger partial charge in [-0.15, -0.1) is 0 Å². The van der Waals surface area contributed by atoms with Crippen LogP contribution in [-0.2, 0) is 21.2 Å². The normalized spacial score (nSPS) is 15.1. The van der Waals surface area contributed by atoms with Gasteiger partial charge in [0.25, 0.3) is 0 Å². The first-order chi connectivity index (χ1) is 12.4. The number of sulfonamides is 1. The summed E-state index contributed by atoms with van der Waals surface area (Å²) < 4.78 is 26.5. The number of nitrogens with zero attached hydrogens (tertiary/aromatic N) is 1. The topological polar surface area (TPSA) is 66.5 Å². The van der Waals surface area contributed by atoms with Crippen LogP contribution >= 0.6 is 11.6 Å². The molecular formula is C19H21ClN2O3S. The molecule has 0 radical (unpaired) electrons. The van der Waals surface area contributed by atoms with Crippen molar-refractivity contribution in [2.75, 3.05) is 18.4 Å². The third kappa shape index (κ3) is 4.63. The summed E-state index contributed by atoms with van der Waals surface area (Å²) in [5.41, 5.74) is 1.63. The molecule has 0 bridgehead atoms. The summed E-state index contributed by atoms with van der Waals surface area (Å²) in [4.78, 5) is 12.3. The van der Waals surface area contributed by atoms with E-state index in [0.717, 1.165) is 18.4 Å². The minimum Gasteiger partial charge on any atom is -0.326 e. The van der Waals surface area contributed by atoms with Crippen LogP contribution in [0.5, 0.6) is 0 Å². The van der Waals surface area contributed by atoms with Crippen molar-refractivity contribution in [2.45, 2.75) is 30.6 Å². The first kappa shape index (κ1) is 18.9. The maximum atomic E-state index is 12.5. The van der Waals surface area contributed by atoms with Crippen LogP contribution in [0.4, 0.5) is 5.69 Å². The number of anilines is 1. The zero-order valence-corrected chi connectivity index (χ0v) is 15.9. The summed E-state index contributed by atoms with van der Waals surface area (Å²) in [6, 6.07) is 13.7. The highest BCUT2D eigenvalue weighted by Gasteiger charge is 2.26. The van der Waals surface area contributed by atoms with Gasteiger partial charge in [-0.1, -0.05) is 23.7 Å². The summed E-state index contributed by atoms with van der Waals surface area (Å²) in [6.45, 7) is 1.18. The van der Waals surface area contributed by atoms with Crippen LogP contribution in [0.15, 0.2) is 53.4 Å². The summed E-state index contributed by atoms with van der Waals surface area (Å²) in [6.07, 6.45) is 2.70. The Morgan fingerprint density at radius 2 is 1.62 bits per heavy atom. The zero-order valence-electron chi connectivity index (χ0n) is 14.3. The number of carbonyl (C=O) groups excluding carboxylic acids is 1. The van der Waals surface area contributed by atoms with Crippen molar-refractivity contribution in [3.05, 3.63) is 59.1 Å². The molecule has 3 rings (SSSR count). The Kier molecular flexibility index (Phi) is 5.96. The van der Waals surface area contributed by atoms with Gasteiger partial charge in [-0.25, -0.2) is 8.42 Å². The molecule has 1 aliphatic rings. The van der Waals surface area contributed by atoms with Gasteiger partial charge < -0.3 is 5.32 Å². The number of benzene rings is 2. The van der Waals surface area contributed by atoms with E-state index >= 15 is 0 Å². The lowest BCUT2D eigenvalue weighted by atomic mass is 10.1. The minimum absolute atomic E-state index is 0.0962. The fraction of sp³-hybridized carbons (Fsp3) is 0.316. The number of nitrogens with one attached hydrogen (secondary N) is 1. The maximum absolute atomic E-state index is 12.5. The Morgan fingerprint density at radius 1 is 1.00 bits per heavy atom. The van der Waals surface area contributed by atoms with E-state index in [1.165, 1.54) is 4.31 Å². The molecule has 1 aliphatic heterocycles. The standard InChI is InChI=1S/C19H21ClN2O3S/c20-16-6-8-17(9-7-16)21-19(23)12-5-15-3-10-18(11-4-15)26(24,25)22-13-1-2-14-22/h3-4,6-11H,1-2,5,12-14H2,(H,21,23). The third-order valence-electron chi connectivity index (χ3n) is 4.39. The second-order valence-corrected chi connectivity index (χ2v) is 8.68. The van der Waals surface area contributed by atoms with Gasteiger partial charge in [0, 0.05) is 30.2 Å². The molecule has 1 amide bonds. The number of rotatable bonds is 6. The quantitative estimate of drug-likeness (QED) is 0.815.